The third-order valence-electron chi connectivity index (χ3n) is 3.24. The fourth-order valence-corrected chi connectivity index (χ4v) is 3.78. The van der Waals surface area contributed by atoms with Crippen LogP contribution in [0.15, 0.2) is 23.1 Å². The van der Waals surface area contributed by atoms with Crippen molar-refractivity contribution in [2.45, 2.75) is 11.3 Å². The highest BCUT2D eigenvalue weighted by atomic mass is 32.2. The van der Waals surface area contributed by atoms with E-state index >= 15 is 0 Å². The zero-order valence-electron chi connectivity index (χ0n) is 10.6. The molecule has 0 radical (unpaired) electrons. The van der Waals surface area contributed by atoms with Crippen LogP contribution < -0.4 is 0 Å². The van der Waals surface area contributed by atoms with E-state index in [2.05, 4.69) is 0 Å². The number of sulfonamides is 1. The second kappa shape index (κ2) is 5.37. The first kappa shape index (κ1) is 15.3. The van der Waals surface area contributed by atoms with Crippen molar-refractivity contribution in [3.05, 3.63) is 34.1 Å². The van der Waals surface area contributed by atoms with Crippen LogP contribution in [-0.2, 0) is 14.8 Å². The number of carboxylic acid groups (broad SMARTS) is 1. The third kappa shape index (κ3) is 2.85. The van der Waals surface area contributed by atoms with Gasteiger partial charge in [0, 0.05) is 13.1 Å². The summed E-state index contributed by atoms with van der Waals surface area (Å²) in [6.45, 7) is -0.306. The van der Waals surface area contributed by atoms with E-state index in [1.807, 2.05) is 0 Å². The van der Waals surface area contributed by atoms with Gasteiger partial charge in [0.05, 0.1) is 16.9 Å². The predicted molar refractivity (Wildman–Crippen MR) is 67.6 cm³/mol. The van der Waals surface area contributed by atoms with Crippen molar-refractivity contribution in [1.29, 1.82) is 0 Å². The summed E-state index contributed by atoms with van der Waals surface area (Å²) in [6, 6.07) is 2.15. The number of carboxylic acids is 1. The second-order valence-corrected chi connectivity index (χ2v) is 6.46. The highest BCUT2D eigenvalue weighted by Crippen LogP contribution is 2.30. The normalized spacial score (nSPS) is 19.6. The van der Waals surface area contributed by atoms with Crippen molar-refractivity contribution < 1.29 is 27.6 Å². The number of nitrogens with zero attached hydrogens (tertiary/aromatic N) is 2. The Balaban J connectivity index is 2.42. The van der Waals surface area contributed by atoms with Gasteiger partial charge in [0.15, 0.2) is 4.90 Å². The average Bonchev–Trinajstić information content (AvgIpc) is 2.88. The number of hydrogen-bond donors (Lipinski definition) is 1. The van der Waals surface area contributed by atoms with Crippen molar-refractivity contribution in [3.8, 4) is 0 Å². The lowest BCUT2D eigenvalue weighted by Gasteiger charge is -2.15. The number of halogens is 1. The van der Waals surface area contributed by atoms with Gasteiger partial charge in [0.25, 0.3) is 5.69 Å². The summed E-state index contributed by atoms with van der Waals surface area (Å²) in [5.41, 5.74) is -0.867. The summed E-state index contributed by atoms with van der Waals surface area (Å²) in [5, 5.41) is 19.7. The molecule has 1 atom stereocenters. The van der Waals surface area contributed by atoms with E-state index in [1.165, 1.54) is 0 Å². The maximum atomic E-state index is 13.1. The Morgan fingerprint density at radius 1 is 1.48 bits per heavy atom. The second-order valence-electron chi connectivity index (χ2n) is 4.56. The zero-order chi connectivity index (χ0) is 15.8. The molecule has 1 aromatic carbocycles. The van der Waals surface area contributed by atoms with Gasteiger partial charge in [-0.05, 0) is 18.6 Å². The number of aliphatic carboxylic acids is 1. The van der Waals surface area contributed by atoms with E-state index in [1.54, 1.807) is 0 Å². The fraction of sp³-hybridized carbons (Fsp3) is 0.364. The van der Waals surface area contributed by atoms with Gasteiger partial charge < -0.3 is 5.11 Å². The lowest BCUT2D eigenvalue weighted by atomic mass is 10.1. The van der Waals surface area contributed by atoms with Gasteiger partial charge in [0.1, 0.15) is 5.82 Å². The molecule has 1 N–H and O–H groups in total. The maximum absolute atomic E-state index is 13.1. The molecule has 10 heteroatoms. The van der Waals surface area contributed by atoms with E-state index in [0.29, 0.717) is 6.07 Å². The number of rotatable bonds is 4. The largest absolute Gasteiger partial charge is 0.481 e. The lowest BCUT2D eigenvalue weighted by molar-refractivity contribution is -0.388. The number of benzene rings is 1. The number of hydrogen-bond acceptors (Lipinski definition) is 5. The van der Waals surface area contributed by atoms with E-state index in [9.17, 15) is 27.7 Å². The summed E-state index contributed by atoms with van der Waals surface area (Å²) >= 11 is 0. The minimum Gasteiger partial charge on any atom is -0.481 e. The highest BCUT2D eigenvalue weighted by molar-refractivity contribution is 7.89. The lowest BCUT2D eigenvalue weighted by Crippen LogP contribution is -2.30. The smallest absolute Gasteiger partial charge is 0.307 e. The van der Waals surface area contributed by atoms with Crippen LogP contribution in [0.4, 0.5) is 10.1 Å². The minimum absolute atomic E-state index is 0.0478. The van der Waals surface area contributed by atoms with Crippen molar-refractivity contribution in [1.82, 2.24) is 4.31 Å². The predicted octanol–water partition coefficient (Wildman–Crippen LogP) is 0.829. The summed E-state index contributed by atoms with van der Waals surface area (Å²) < 4.78 is 38.6. The molecular formula is C11H11FN2O6S. The van der Waals surface area contributed by atoms with Gasteiger partial charge in [-0.2, -0.15) is 4.31 Å². The standard InChI is InChI=1S/C11H11FN2O6S/c12-8-1-2-10(9(5-8)14(17)18)21(19,20)13-4-3-7(6-13)11(15)16/h1-2,5,7H,3-4,6H2,(H,15,16). The molecule has 1 aromatic rings. The van der Waals surface area contributed by atoms with Crippen molar-refractivity contribution in [2.24, 2.45) is 5.92 Å². The summed E-state index contributed by atoms with van der Waals surface area (Å²) in [4.78, 5) is 20.1. The number of carbonyl (C=O) groups is 1. The Morgan fingerprint density at radius 3 is 2.67 bits per heavy atom. The molecule has 0 aliphatic carbocycles. The monoisotopic (exact) mass is 318 g/mol. The first-order valence-electron chi connectivity index (χ1n) is 5.90. The van der Waals surface area contributed by atoms with Gasteiger partial charge >= 0.3 is 5.97 Å². The quantitative estimate of drug-likeness (QED) is 0.649. The topological polar surface area (TPSA) is 118 Å². The SMILES string of the molecule is O=C(O)C1CCN(S(=O)(=O)c2ccc(F)cc2[N+](=O)[O-])C1. The van der Waals surface area contributed by atoms with Crippen LogP contribution in [0.3, 0.4) is 0 Å². The average molecular weight is 318 g/mol. The molecule has 0 bridgehead atoms. The highest BCUT2D eigenvalue weighted by Gasteiger charge is 2.38. The molecule has 1 unspecified atom stereocenters. The van der Waals surface area contributed by atoms with Gasteiger partial charge in [-0.1, -0.05) is 0 Å². The van der Waals surface area contributed by atoms with Crippen LogP contribution in [0.2, 0.25) is 0 Å². The maximum Gasteiger partial charge on any atom is 0.307 e. The Morgan fingerprint density at radius 2 is 2.14 bits per heavy atom. The molecule has 114 valence electrons. The Labute approximate surface area is 119 Å². The summed E-state index contributed by atoms with van der Waals surface area (Å²) in [5.74, 6) is -2.90. The van der Waals surface area contributed by atoms with Crippen LogP contribution in [-0.4, -0.2) is 41.8 Å². The summed E-state index contributed by atoms with van der Waals surface area (Å²) in [7, 11) is -4.24. The van der Waals surface area contributed by atoms with Crippen LogP contribution >= 0.6 is 0 Å². The van der Waals surface area contributed by atoms with E-state index in [-0.39, 0.29) is 19.5 Å². The van der Waals surface area contributed by atoms with E-state index < -0.39 is 43.2 Å². The third-order valence-corrected chi connectivity index (χ3v) is 5.15. The van der Waals surface area contributed by atoms with Crippen molar-refractivity contribution >= 4 is 21.7 Å². The fourth-order valence-electron chi connectivity index (χ4n) is 2.14. The molecule has 8 nitrogen and oxygen atoms in total. The van der Waals surface area contributed by atoms with Gasteiger partial charge in [-0.15, -0.1) is 0 Å². The Hall–Kier alpha value is -2.07. The van der Waals surface area contributed by atoms with Crippen LogP contribution in [0.1, 0.15) is 6.42 Å². The minimum atomic E-state index is -4.24. The first-order chi connectivity index (χ1) is 9.73. The molecule has 0 amide bonds. The Kier molecular flexibility index (Phi) is 3.92. The molecule has 1 aliphatic heterocycles. The van der Waals surface area contributed by atoms with Crippen molar-refractivity contribution in [3.63, 3.8) is 0 Å². The molecule has 21 heavy (non-hydrogen) atoms. The summed E-state index contributed by atoms with van der Waals surface area (Å²) in [6.07, 6.45) is 0.129. The van der Waals surface area contributed by atoms with Crippen LogP contribution in [0.5, 0.6) is 0 Å². The molecular weight excluding hydrogens is 307 g/mol. The van der Waals surface area contributed by atoms with E-state index in [0.717, 1.165) is 16.4 Å². The number of nitro groups is 1. The van der Waals surface area contributed by atoms with Gasteiger partial charge in [0.2, 0.25) is 10.0 Å². The molecule has 1 saturated heterocycles. The molecule has 1 aliphatic rings. The van der Waals surface area contributed by atoms with Crippen molar-refractivity contribution in [2.75, 3.05) is 13.1 Å². The molecule has 1 heterocycles. The van der Waals surface area contributed by atoms with E-state index in [4.69, 9.17) is 5.11 Å². The molecule has 0 saturated carbocycles. The van der Waals surface area contributed by atoms with Crippen LogP contribution in [0, 0.1) is 21.8 Å². The molecule has 0 spiro atoms. The van der Waals surface area contributed by atoms with Gasteiger partial charge in [-0.3, -0.25) is 14.9 Å². The molecule has 0 aromatic heterocycles. The Bertz CT molecular complexity index is 705. The zero-order valence-corrected chi connectivity index (χ0v) is 11.4. The van der Waals surface area contributed by atoms with Gasteiger partial charge in [-0.25, -0.2) is 12.8 Å². The molecule has 2 rings (SSSR count). The number of nitro benzene ring substituents is 1. The van der Waals surface area contributed by atoms with Crippen LogP contribution in [0.25, 0.3) is 0 Å². The first-order valence-corrected chi connectivity index (χ1v) is 7.34. The molecule has 1 fully saturated rings.